The van der Waals surface area contributed by atoms with Crippen molar-refractivity contribution in [3.63, 3.8) is 0 Å². The van der Waals surface area contributed by atoms with Crippen LogP contribution in [0.5, 0.6) is 0 Å². The largest absolute Gasteiger partial charge is 0.395 e. The first-order valence-electron chi connectivity index (χ1n) is 6.51. The molecule has 1 N–H and O–H groups in total. The topological polar surface area (TPSA) is 26.7 Å². The standard InChI is InChI=1S/C12H24N2OS/c15-8-7-13-4-1-11(2-5-13)9-14-6-3-12(16)10-14/h11-12,15-16H,1-10H2. The molecular formula is C12H24N2OS. The average molecular weight is 244 g/mol. The Labute approximate surface area is 104 Å². The molecule has 4 heteroatoms. The smallest absolute Gasteiger partial charge is 0.0558 e. The third-order valence-electron chi connectivity index (χ3n) is 3.89. The van der Waals surface area contributed by atoms with Gasteiger partial charge >= 0.3 is 0 Å². The summed E-state index contributed by atoms with van der Waals surface area (Å²) in [5.74, 6) is 0.869. The zero-order valence-electron chi connectivity index (χ0n) is 10.0. The van der Waals surface area contributed by atoms with Crippen LogP contribution in [-0.4, -0.2) is 66.0 Å². The van der Waals surface area contributed by atoms with Crippen LogP contribution >= 0.6 is 12.6 Å². The summed E-state index contributed by atoms with van der Waals surface area (Å²) in [6, 6.07) is 0. The molecule has 0 aromatic carbocycles. The molecule has 0 saturated carbocycles. The van der Waals surface area contributed by atoms with Crippen LogP contribution < -0.4 is 0 Å². The van der Waals surface area contributed by atoms with Gasteiger partial charge in [0.1, 0.15) is 0 Å². The highest BCUT2D eigenvalue weighted by Gasteiger charge is 2.24. The molecule has 0 amide bonds. The van der Waals surface area contributed by atoms with Crippen molar-refractivity contribution >= 4 is 12.6 Å². The van der Waals surface area contributed by atoms with E-state index in [4.69, 9.17) is 5.11 Å². The van der Waals surface area contributed by atoms with Gasteiger partial charge in [-0.15, -0.1) is 0 Å². The fourth-order valence-electron chi connectivity index (χ4n) is 2.88. The number of thiol groups is 1. The molecule has 0 radical (unpaired) electrons. The van der Waals surface area contributed by atoms with Gasteiger partial charge in [-0.2, -0.15) is 12.6 Å². The second-order valence-corrected chi connectivity index (χ2v) is 5.94. The van der Waals surface area contributed by atoms with E-state index in [2.05, 4.69) is 22.4 Å². The average Bonchev–Trinajstić information content (AvgIpc) is 2.67. The molecule has 0 bridgehead atoms. The predicted molar refractivity (Wildman–Crippen MR) is 70.1 cm³/mol. The van der Waals surface area contributed by atoms with Crippen molar-refractivity contribution in [3.05, 3.63) is 0 Å². The molecule has 2 fully saturated rings. The van der Waals surface area contributed by atoms with Crippen LogP contribution in [0.25, 0.3) is 0 Å². The minimum Gasteiger partial charge on any atom is -0.395 e. The quantitative estimate of drug-likeness (QED) is 0.713. The number of piperidine rings is 1. The number of likely N-dealkylation sites (tertiary alicyclic amines) is 2. The van der Waals surface area contributed by atoms with Crippen LogP contribution in [0.4, 0.5) is 0 Å². The summed E-state index contributed by atoms with van der Waals surface area (Å²) in [4.78, 5) is 4.95. The summed E-state index contributed by atoms with van der Waals surface area (Å²) in [5, 5.41) is 9.49. The number of hydrogen-bond donors (Lipinski definition) is 2. The monoisotopic (exact) mass is 244 g/mol. The van der Waals surface area contributed by atoms with Crippen LogP contribution in [-0.2, 0) is 0 Å². The number of hydrogen-bond acceptors (Lipinski definition) is 4. The van der Waals surface area contributed by atoms with E-state index in [-0.39, 0.29) is 0 Å². The fraction of sp³-hybridized carbons (Fsp3) is 1.00. The number of aliphatic hydroxyl groups excluding tert-OH is 1. The molecule has 2 rings (SSSR count). The van der Waals surface area contributed by atoms with E-state index in [1.165, 1.54) is 52.0 Å². The van der Waals surface area contributed by atoms with E-state index in [0.717, 1.165) is 12.5 Å². The molecule has 0 spiro atoms. The van der Waals surface area contributed by atoms with Crippen molar-refractivity contribution in [2.24, 2.45) is 5.92 Å². The van der Waals surface area contributed by atoms with Crippen molar-refractivity contribution in [1.82, 2.24) is 9.80 Å². The van der Waals surface area contributed by atoms with E-state index < -0.39 is 0 Å². The van der Waals surface area contributed by atoms with Gasteiger partial charge in [0.2, 0.25) is 0 Å². The molecule has 3 nitrogen and oxygen atoms in total. The van der Waals surface area contributed by atoms with E-state index >= 15 is 0 Å². The summed E-state index contributed by atoms with van der Waals surface area (Å²) in [5.41, 5.74) is 0. The van der Waals surface area contributed by atoms with Gasteiger partial charge in [0.05, 0.1) is 6.61 Å². The van der Waals surface area contributed by atoms with Crippen molar-refractivity contribution in [2.45, 2.75) is 24.5 Å². The molecule has 0 aliphatic carbocycles. The second-order valence-electron chi connectivity index (χ2n) is 5.21. The molecular weight excluding hydrogens is 220 g/mol. The van der Waals surface area contributed by atoms with Gasteiger partial charge in [0.15, 0.2) is 0 Å². The first-order valence-corrected chi connectivity index (χ1v) is 7.03. The summed E-state index contributed by atoms with van der Waals surface area (Å²) in [6.07, 6.45) is 3.86. The van der Waals surface area contributed by atoms with Crippen molar-refractivity contribution < 1.29 is 5.11 Å². The minimum atomic E-state index is 0.304. The molecule has 2 saturated heterocycles. The zero-order chi connectivity index (χ0) is 11.4. The predicted octanol–water partition coefficient (Wildman–Crippen LogP) is 0.695. The summed E-state index contributed by atoms with van der Waals surface area (Å²) >= 11 is 4.53. The number of rotatable bonds is 4. The molecule has 94 valence electrons. The SMILES string of the molecule is OCCN1CCC(CN2CCC(S)C2)CC1. The lowest BCUT2D eigenvalue weighted by atomic mass is 9.96. The van der Waals surface area contributed by atoms with Crippen LogP contribution in [0.15, 0.2) is 0 Å². The second kappa shape index (κ2) is 6.24. The highest BCUT2D eigenvalue weighted by Crippen LogP contribution is 2.21. The molecule has 0 aromatic heterocycles. The Hall–Kier alpha value is 0.230. The maximum absolute atomic E-state index is 8.88. The van der Waals surface area contributed by atoms with E-state index in [9.17, 15) is 0 Å². The van der Waals surface area contributed by atoms with Gasteiger partial charge in [0, 0.05) is 24.9 Å². The Bertz CT molecular complexity index is 207. The van der Waals surface area contributed by atoms with Crippen molar-refractivity contribution in [1.29, 1.82) is 0 Å². The highest BCUT2D eigenvalue weighted by atomic mass is 32.1. The minimum absolute atomic E-state index is 0.304. The summed E-state index contributed by atoms with van der Waals surface area (Å²) in [6.45, 7) is 7.19. The lowest BCUT2D eigenvalue weighted by molar-refractivity contribution is 0.130. The maximum Gasteiger partial charge on any atom is 0.0558 e. The number of nitrogens with zero attached hydrogens (tertiary/aromatic N) is 2. The summed E-state index contributed by atoms with van der Waals surface area (Å²) in [7, 11) is 0. The lowest BCUT2D eigenvalue weighted by Gasteiger charge is -2.33. The Balaban J connectivity index is 1.65. The first kappa shape index (κ1) is 12.7. The molecule has 2 aliphatic heterocycles. The normalized spacial score (nSPS) is 30.0. The zero-order valence-corrected chi connectivity index (χ0v) is 10.9. The van der Waals surface area contributed by atoms with Crippen molar-refractivity contribution in [3.8, 4) is 0 Å². The Kier molecular flexibility index (Phi) is 4.95. The van der Waals surface area contributed by atoms with E-state index in [1.807, 2.05) is 0 Å². The Morgan fingerprint density at radius 1 is 1.06 bits per heavy atom. The molecule has 1 unspecified atom stereocenters. The number of aliphatic hydroxyl groups is 1. The molecule has 16 heavy (non-hydrogen) atoms. The Morgan fingerprint density at radius 2 is 1.75 bits per heavy atom. The van der Waals surface area contributed by atoms with Gasteiger partial charge in [-0.3, -0.25) is 0 Å². The lowest BCUT2D eigenvalue weighted by Crippen LogP contribution is -2.39. The van der Waals surface area contributed by atoms with E-state index in [0.29, 0.717) is 11.9 Å². The maximum atomic E-state index is 8.88. The molecule has 0 aromatic rings. The van der Waals surface area contributed by atoms with Crippen LogP contribution in [0.3, 0.4) is 0 Å². The van der Waals surface area contributed by atoms with E-state index in [1.54, 1.807) is 0 Å². The third kappa shape index (κ3) is 3.62. The van der Waals surface area contributed by atoms with Crippen LogP contribution in [0.2, 0.25) is 0 Å². The first-order chi connectivity index (χ1) is 7.78. The van der Waals surface area contributed by atoms with Crippen LogP contribution in [0, 0.1) is 5.92 Å². The Morgan fingerprint density at radius 3 is 2.31 bits per heavy atom. The number of β-amino-alcohol motifs (C(OH)–C–C–N with tert-alkyl or cyclic N) is 1. The van der Waals surface area contributed by atoms with Crippen molar-refractivity contribution in [2.75, 3.05) is 45.9 Å². The molecule has 1 atom stereocenters. The van der Waals surface area contributed by atoms with Gasteiger partial charge in [0.25, 0.3) is 0 Å². The molecule has 2 aliphatic rings. The van der Waals surface area contributed by atoms with Crippen LogP contribution in [0.1, 0.15) is 19.3 Å². The fourth-order valence-corrected chi connectivity index (χ4v) is 3.22. The van der Waals surface area contributed by atoms with Gasteiger partial charge < -0.3 is 14.9 Å². The molecule has 2 heterocycles. The summed E-state index contributed by atoms with van der Waals surface area (Å²) < 4.78 is 0. The van der Waals surface area contributed by atoms with Gasteiger partial charge in [-0.1, -0.05) is 0 Å². The van der Waals surface area contributed by atoms with Gasteiger partial charge in [-0.05, 0) is 44.8 Å². The van der Waals surface area contributed by atoms with Gasteiger partial charge in [-0.25, -0.2) is 0 Å². The third-order valence-corrected chi connectivity index (χ3v) is 4.31. The highest BCUT2D eigenvalue weighted by molar-refractivity contribution is 7.81.